The Morgan fingerprint density at radius 1 is 1.09 bits per heavy atom. The van der Waals surface area contributed by atoms with E-state index in [-0.39, 0.29) is 0 Å². The fraction of sp³-hybridized carbons (Fsp3) is 0.444. The second-order valence-electron chi connectivity index (χ2n) is 5.49. The number of methoxy groups -OCH3 is 1. The first-order chi connectivity index (χ1) is 11.2. The van der Waals surface area contributed by atoms with Crippen molar-refractivity contribution < 1.29 is 4.74 Å². The summed E-state index contributed by atoms with van der Waals surface area (Å²) in [6, 6.07) is 10.0. The van der Waals surface area contributed by atoms with Crippen molar-refractivity contribution in [2.75, 3.05) is 30.8 Å². The zero-order valence-corrected chi connectivity index (χ0v) is 14.2. The Hall–Kier alpha value is -2.30. The van der Waals surface area contributed by atoms with Crippen molar-refractivity contribution in [1.29, 1.82) is 0 Å². The van der Waals surface area contributed by atoms with Gasteiger partial charge in [-0.3, -0.25) is 0 Å². The van der Waals surface area contributed by atoms with E-state index in [0.717, 1.165) is 43.2 Å². The lowest BCUT2D eigenvalue weighted by atomic mass is 10.1. The molecule has 0 unspecified atom stereocenters. The number of hydrogen-bond acceptors (Lipinski definition) is 5. The van der Waals surface area contributed by atoms with Crippen molar-refractivity contribution in [3.05, 3.63) is 41.6 Å². The molecule has 1 heterocycles. The maximum atomic E-state index is 5.37. The number of nitrogens with zero attached hydrogens (tertiary/aromatic N) is 2. The number of rotatable bonds is 9. The van der Waals surface area contributed by atoms with Crippen molar-refractivity contribution >= 4 is 11.8 Å². The highest BCUT2D eigenvalue weighted by molar-refractivity contribution is 5.42. The highest BCUT2D eigenvalue weighted by atomic mass is 16.5. The molecule has 0 aliphatic rings. The normalized spacial score (nSPS) is 10.4. The van der Waals surface area contributed by atoms with Crippen molar-refractivity contribution in [3.8, 4) is 5.75 Å². The van der Waals surface area contributed by atoms with Crippen LogP contribution in [0.15, 0.2) is 30.3 Å². The van der Waals surface area contributed by atoms with E-state index in [2.05, 4.69) is 33.6 Å². The molecule has 23 heavy (non-hydrogen) atoms. The lowest BCUT2D eigenvalue weighted by Crippen LogP contribution is -2.11. The molecule has 5 nitrogen and oxygen atoms in total. The molecule has 2 aromatic rings. The standard InChI is InChI=1S/C18H26N4O/c1-4-5-11-19-17-13-14(2)21-18(22-17)20-12-10-15-8-6-7-9-16(15)23-3/h6-9,13H,4-5,10-12H2,1-3H3,(H2,19,20,21,22). The molecule has 1 aromatic carbocycles. The molecule has 2 N–H and O–H groups in total. The van der Waals surface area contributed by atoms with E-state index in [9.17, 15) is 0 Å². The Bertz CT molecular complexity index is 616. The molecular weight excluding hydrogens is 288 g/mol. The quantitative estimate of drug-likeness (QED) is 0.692. The third-order valence-corrected chi connectivity index (χ3v) is 3.56. The van der Waals surface area contributed by atoms with Crippen LogP contribution in [0.4, 0.5) is 11.8 Å². The molecule has 0 amide bonds. The molecule has 0 aliphatic heterocycles. The molecule has 0 atom stereocenters. The number of benzene rings is 1. The predicted molar refractivity (Wildman–Crippen MR) is 95.4 cm³/mol. The third-order valence-electron chi connectivity index (χ3n) is 3.56. The van der Waals surface area contributed by atoms with Crippen molar-refractivity contribution in [2.24, 2.45) is 0 Å². The van der Waals surface area contributed by atoms with Crippen LogP contribution in [0.1, 0.15) is 31.0 Å². The van der Waals surface area contributed by atoms with E-state index in [0.29, 0.717) is 5.95 Å². The van der Waals surface area contributed by atoms with Crippen LogP contribution in [-0.2, 0) is 6.42 Å². The Morgan fingerprint density at radius 2 is 1.91 bits per heavy atom. The number of ether oxygens (including phenoxy) is 1. The highest BCUT2D eigenvalue weighted by Gasteiger charge is 2.04. The van der Waals surface area contributed by atoms with Gasteiger partial charge in [-0.05, 0) is 31.4 Å². The van der Waals surface area contributed by atoms with Gasteiger partial charge in [0.05, 0.1) is 7.11 Å². The third kappa shape index (κ3) is 5.43. The maximum Gasteiger partial charge on any atom is 0.224 e. The van der Waals surface area contributed by atoms with Gasteiger partial charge < -0.3 is 15.4 Å². The molecule has 0 spiro atoms. The molecule has 1 aromatic heterocycles. The van der Waals surface area contributed by atoms with Crippen LogP contribution in [0.3, 0.4) is 0 Å². The molecule has 0 bridgehead atoms. The average Bonchev–Trinajstić information content (AvgIpc) is 2.55. The number of anilines is 2. The number of aromatic nitrogens is 2. The van der Waals surface area contributed by atoms with Gasteiger partial charge in [0.1, 0.15) is 11.6 Å². The van der Waals surface area contributed by atoms with Crippen LogP contribution in [-0.4, -0.2) is 30.2 Å². The summed E-state index contributed by atoms with van der Waals surface area (Å²) in [5.41, 5.74) is 2.13. The minimum atomic E-state index is 0.666. The maximum absolute atomic E-state index is 5.37. The minimum Gasteiger partial charge on any atom is -0.496 e. The zero-order chi connectivity index (χ0) is 16.5. The fourth-order valence-electron chi connectivity index (χ4n) is 2.35. The van der Waals surface area contributed by atoms with Crippen LogP contribution in [0.25, 0.3) is 0 Å². The molecule has 0 radical (unpaired) electrons. The van der Waals surface area contributed by atoms with Crippen LogP contribution >= 0.6 is 0 Å². The van der Waals surface area contributed by atoms with Crippen LogP contribution < -0.4 is 15.4 Å². The van der Waals surface area contributed by atoms with E-state index in [1.807, 2.05) is 31.2 Å². The molecule has 124 valence electrons. The second kappa shape index (κ2) is 8.98. The van der Waals surface area contributed by atoms with Gasteiger partial charge in [-0.15, -0.1) is 0 Å². The summed E-state index contributed by atoms with van der Waals surface area (Å²) in [4.78, 5) is 8.96. The van der Waals surface area contributed by atoms with Gasteiger partial charge in [-0.1, -0.05) is 31.5 Å². The van der Waals surface area contributed by atoms with Crippen molar-refractivity contribution in [2.45, 2.75) is 33.1 Å². The average molecular weight is 314 g/mol. The molecule has 0 aliphatic carbocycles. The van der Waals surface area contributed by atoms with Crippen LogP contribution in [0.5, 0.6) is 5.75 Å². The van der Waals surface area contributed by atoms with Crippen molar-refractivity contribution in [1.82, 2.24) is 9.97 Å². The molecular formula is C18H26N4O. The van der Waals surface area contributed by atoms with Gasteiger partial charge in [0.25, 0.3) is 0 Å². The van der Waals surface area contributed by atoms with E-state index in [1.165, 1.54) is 12.0 Å². The Balaban J connectivity index is 1.92. The first-order valence-corrected chi connectivity index (χ1v) is 8.18. The summed E-state index contributed by atoms with van der Waals surface area (Å²) in [5.74, 6) is 2.46. The number of nitrogens with one attached hydrogen (secondary N) is 2. The Morgan fingerprint density at radius 3 is 2.70 bits per heavy atom. The summed E-state index contributed by atoms with van der Waals surface area (Å²) >= 11 is 0. The van der Waals surface area contributed by atoms with Gasteiger partial charge >= 0.3 is 0 Å². The van der Waals surface area contributed by atoms with Gasteiger partial charge in [0.2, 0.25) is 5.95 Å². The summed E-state index contributed by atoms with van der Waals surface area (Å²) in [5, 5.41) is 6.64. The fourth-order valence-corrected chi connectivity index (χ4v) is 2.35. The van der Waals surface area contributed by atoms with E-state index < -0.39 is 0 Å². The smallest absolute Gasteiger partial charge is 0.224 e. The predicted octanol–water partition coefficient (Wildman–Crippen LogP) is 3.66. The van der Waals surface area contributed by atoms with E-state index in [1.54, 1.807) is 7.11 Å². The summed E-state index contributed by atoms with van der Waals surface area (Å²) in [7, 11) is 1.70. The molecule has 0 fully saturated rings. The van der Waals surface area contributed by atoms with Crippen LogP contribution in [0.2, 0.25) is 0 Å². The largest absolute Gasteiger partial charge is 0.496 e. The monoisotopic (exact) mass is 314 g/mol. The van der Waals surface area contributed by atoms with Crippen molar-refractivity contribution in [3.63, 3.8) is 0 Å². The lowest BCUT2D eigenvalue weighted by Gasteiger charge is -2.11. The summed E-state index contributed by atoms with van der Waals surface area (Å²) < 4.78 is 5.37. The molecule has 0 saturated carbocycles. The molecule has 5 heteroatoms. The Labute approximate surface area is 138 Å². The van der Waals surface area contributed by atoms with Gasteiger partial charge in [0, 0.05) is 24.8 Å². The number of unbranched alkanes of at least 4 members (excludes halogenated alkanes) is 1. The topological polar surface area (TPSA) is 59.1 Å². The summed E-state index contributed by atoms with van der Waals surface area (Å²) in [6.45, 7) is 5.86. The molecule has 0 saturated heterocycles. The van der Waals surface area contributed by atoms with Gasteiger partial charge in [-0.25, -0.2) is 4.98 Å². The Kier molecular flexibility index (Phi) is 6.66. The first-order valence-electron chi connectivity index (χ1n) is 8.18. The first kappa shape index (κ1) is 17.1. The molecule has 2 rings (SSSR count). The van der Waals surface area contributed by atoms with Gasteiger partial charge in [0.15, 0.2) is 0 Å². The number of hydrogen-bond donors (Lipinski definition) is 2. The van der Waals surface area contributed by atoms with E-state index >= 15 is 0 Å². The van der Waals surface area contributed by atoms with Crippen LogP contribution in [0, 0.1) is 6.92 Å². The highest BCUT2D eigenvalue weighted by Crippen LogP contribution is 2.18. The van der Waals surface area contributed by atoms with E-state index in [4.69, 9.17) is 4.74 Å². The zero-order valence-electron chi connectivity index (χ0n) is 14.2. The SMILES string of the molecule is CCCCNc1cc(C)nc(NCCc2ccccc2OC)n1. The van der Waals surface area contributed by atoms with Gasteiger partial charge in [-0.2, -0.15) is 4.98 Å². The second-order valence-corrected chi connectivity index (χ2v) is 5.49. The minimum absolute atomic E-state index is 0.666. The number of para-hydroxylation sites is 1. The number of aryl methyl sites for hydroxylation is 1. The summed E-state index contributed by atoms with van der Waals surface area (Å²) in [6.07, 6.45) is 3.17. The lowest BCUT2D eigenvalue weighted by molar-refractivity contribution is 0.410.